The number of nitrogens with one attached hydrogen (secondary N) is 1. The number of pyridine rings is 1. The van der Waals surface area contributed by atoms with Gasteiger partial charge < -0.3 is 29.7 Å². The average Bonchev–Trinajstić information content (AvgIpc) is 2.99. The first-order chi connectivity index (χ1) is 19.8. The van der Waals surface area contributed by atoms with Crippen molar-refractivity contribution in [2.75, 3.05) is 47.9 Å². The van der Waals surface area contributed by atoms with Crippen LogP contribution in [0.5, 0.6) is 11.5 Å². The zero-order valence-corrected chi connectivity index (χ0v) is 24.1. The van der Waals surface area contributed by atoms with Crippen LogP contribution in [-0.4, -0.2) is 64.9 Å². The van der Waals surface area contributed by atoms with Crippen LogP contribution in [0.15, 0.2) is 54.9 Å². The zero-order chi connectivity index (χ0) is 28.8. The Kier molecular flexibility index (Phi) is 8.75. The molecule has 218 valence electrons. The van der Waals surface area contributed by atoms with E-state index in [-0.39, 0.29) is 12.0 Å². The molecule has 10 nitrogen and oxygen atoms in total. The fourth-order valence-electron chi connectivity index (χ4n) is 5.62. The lowest BCUT2D eigenvalue weighted by Crippen LogP contribution is -2.42. The van der Waals surface area contributed by atoms with Crippen LogP contribution in [0.25, 0.3) is 0 Å². The van der Waals surface area contributed by atoms with E-state index >= 15 is 0 Å². The molecular formula is C31H40N6O4. The van der Waals surface area contributed by atoms with Crippen LogP contribution in [0.1, 0.15) is 46.5 Å². The summed E-state index contributed by atoms with van der Waals surface area (Å²) in [6, 6.07) is 13.7. The van der Waals surface area contributed by atoms with Crippen LogP contribution in [0.3, 0.4) is 0 Å². The number of para-hydroxylation sites is 2. The Morgan fingerprint density at radius 1 is 0.951 bits per heavy atom. The lowest BCUT2D eigenvalue weighted by Gasteiger charge is -2.38. The van der Waals surface area contributed by atoms with Gasteiger partial charge in [0.2, 0.25) is 0 Å². The number of rotatable bonds is 10. The molecule has 2 saturated heterocycles. The molecule has 2 aliphatic rings. The molecule has 1 atom stereocenters. The first-order valence-corrected chi connectivity index (χ1v) is 14.5. The Bertz CT molecular complexity index is 1330. The number of carboxylic acids is 1. The monoisotopic (exact) mass is 560 g/mol. The molecule has 2 fully saturated rings. The van der Waals surface area contributed by atoms with Crippen LogP contribution < -0.4 is 24.6 Å². The smallest absolute Gasteiger partial charge is 0.309 e. The molecular weight excluding hydrogens is 520 g/mol. The molecule has 0 radical (unpaired) electrons. The summed E-state index contributed by atoms with van der Waals surface area (Å²) in [7, 11) is 0. The third-order valence-electron chi connectivity index (χ3n) is 8.15. The first-order valence-electron chi connectivity index (χ1n) is 14.5. The highest BCUT2D eigenvalue weighted by molar-refractivity contribution is 5.74. The Balaban J connectivity index is 1.21. The van der Waals surface area contributed by atoms with E-state index in [0.717, 1.165) is 68.5 Å². The van der Waals surface area contributed by atoms with E-state index in [1.54, 1.807) is 12.4 Å². The molecule has 2 N–H and O–H groups in total. The summed E-state index contributed by atoms with van der Waals surface area (Å²) in [6.07, 6.45) is 7.11. The van der Waals surface area contributed by atoms with Gasteiger partial charge in [0.25, 0.3) is 0 Å². The summed E-state index contributed by atoms with van der Waals surface area (Å²) in [6.45, 7) is 9.36. The van der Waals surface area contributed by atoms with Crippen molar-refractivity contribution in [1.82, 2.24) is 15.0 Å². The highest BCUT2D eigenvalue weighted by Crippen LogP contribution is 2.36. The summed E-state index contributed by atoms with van der Waals surface area (Å²) >= 11 is 0. The lowest BCUT2D eigenvalue weighted by molar-refractivity contribution is -0.150. The van der Waals surface area contributed by atoms with Crippen molar-refractivity contribution in [2.45, 2.75) is 52.6 Å². The van der Waals surface area contributed by atoms with E-state index in [2.05, 4.69) is 20.1 Å². The van der Waals surface area contributed by atoms with Gasteiger partial charge in [-0.3, -0.25) is 9.78 Å². The van der Waals surface area contributed by atoms with E-state index in [0.29, 0.717) is 24.8 Å². The van der Waals surface area contributed by atoms with E-state index in [4.69, 9.17) is 19.4 Å². The number of hydrogen-bond acceptors (Lipinski definition) is 9. The molecule has 41 heavy (non-hydrogen) atoms. The van der Waals surface area contributed by atoms with Crippen molar-refractivity contribution in [3.63, 3.8) is 0 Å². The number of hydrogen-bond donors (Lipinski definition) is 2. The standard InChI is InChI=1S/C31H40N6O4/c1-4-40-24-10-5-6-11-25(24)41-23-9-8-16-37(21-23)29-20-32-19-27(35-29)33-26-12-7-13-28(34-26)36-17-14-22(15-18-36)31(2,3)30(38)39/h5-7,10-13,19-20,22-23H,4,8-9,14-18,21H2,1-3H3,(H,38,39)(H,33,34,35)/t23-/m1/s1. The molecule has 3 aromatic rings. The van der Waals surface area contributed by atoms with Crippen molar-refractivity contribution < 1.29 is 19.4 Å². The molecule has 0 bridgehead atoms. The molecule has 2 aliphatic heterocycles. The van der Waals surface area contributed by atoms with Gasteiger partial charge in [-0.05, 0) is 76.6 Å². The number of ether oxygens (including phenoxy) is 2. The van der Waals surface area contributed by atoms with Gasteiger partial charge in [0, 0.05) is 19.6 Å². The predicted molar refractivity (Wildman–Crippen MR) is 159 cm³/mol. The average molecular weight is 561 g/mol. The Hall–Kier alpha value is -4.08. The quantitative estimate of drug-likeness (QED) is 0.335. The molecule has 4 heterocycles. The fourth-order valence-corrected chi connectivity index (χ4v) is 5.62. The van der Waals surface area contributed by atoms with Gasteiger partial charge in [-0.1, -0.05) is 18.2 Å². The van der Waals surface area contributed by atoms with Gasteiger partial charge >= 0.3 is 5.97 Å². The third kappa shape index (κ3) is 6.81. The maximum Gasteiger partial charge on any atom is 0.309 e. The van der Waals surface area contributed by atoms with Crippen LogP contribution in [-0.2, 0) is 4.79 Å². The number of nitrogens with zero attached hydrogens (tertiary/aromatic N) is 5. The SMILES string of the molecule is CCOc1ccccc1O[C@@H]1CCCN(c2cncc(Nc3cccc(N4CCC(C(C)(C)C(=O)O)CC4)n3)n2)C1. The minimum atomic E-state index is -0.733. The highest BCUT2D eigenvalue weighted by Gasteiger charge is 2.38. The number of aromatic nitrogens is 3. The minimum Gasteiger partial charge on any atom is -0.490 e. The van der Waals surface area contributed by atoms with E-state index in [1.165, 1.54) is 0 Å². The van der Waals surface area contributed by atoms with Crippen molar-refractivity contribution in [3.05, 3.63) is 54.9 Å². The minimum absolute atomic E-state index is 0.0207. The second-order valence-electron chi connectivity index (χ2n) is 11.3. The normalized spacial score (nSPS) is 18.2. The number of aliphatic carboxylic acids is 1. The summed E-state index contributed by atoms with van der Waals surface area (Å²) in [5, 5.41) is 12.9. The molecule has 2 aromatic heterocycles. The second kappa shape index (κ2) is 12.6. The molecule has 5 rings (SSSR count). The molecule has 10 heteroatoms. The number of carboxylic acid groups (broad SMARTS) is 1. The third-order valence-corrected chi connectivity index (χ3v) is 8.15. The molecule has 0 amide bonds. The van der Waals surface area contributed by atoms with E-state index in [1.807, 2.05) is 63.2 Å². The predicted octanol–water partition coefficient (Wildman–Crippen LogP) is 5.39. The molecule has 0 aliphatic carbocycles. The maximum absolute atomic E-state index is 11.7. The molecule has 0 spiro atoms. The number of benzene rings is 1. The van der Waals surface area contributed by atoms with E-state index < -0.39 is 11.4 Å². The fraction of sp³-hybridized carbons (Fsp3) is 0.484. The Morgan fingerprint density at radius 3 is 2.46 bits per heavy atom. The van der Waals surface area contributed by atoms with Gasteiger partial charge in [-0.2, -0.15) is 0 Å². The lowest BCUT2D eigenvalue weighted by atomic mass is 9.74. The van der Waals surface area contributed by atoms with Crippen molar-refractivity contribution >= 4 is 29.2 Å². The van der Waals surface area contributed by atoms with Gasteiger partial charge in [0.15, 0.2) is 17.3 Å². The van der Waals surface area contributed by atoms with Gasteiger partial charge in [-0.25, -0.2) is 9.97 Å². The van der Waals surface area contributed by atoms with Gasteiger partial charge in [-0.15, -0.1) is 0 Å². The number of piperidine rings is 2. The van der Waals surface area contributed by atoms with Gasteiger partial charge in [0.1, 0.15) is 23.6 Å². The summed E-state index contributed by atoms with van der Waals surface area (Å²) in [4.78, 5) is 30.2. The highest BCUT2D eigenvalue weighted by atomic mass is 16.5. The van der Waals surface area contributed by atoms with Crippen molar-refractivity contribution in [2.24, 2.45) is 11.3 Å². The first kappa shape index (κ1) is 28.4. The molecule has 1 aromatic carbocycles. The topological polar surface area (TPSA) is 113 Å². The second-order valence-corrected chi connectivity index (χ2v) is 11.3. The number of carbonyl (C=O) groups is 1. The van der Waals surface area contributed by atoms with Crippen LogP contribution in [0, 0.1) is 11.3 Å². The molecule has 0 saturated carbocycles. The maximum atomic E-state index is 11.7. The Morgan fingerprint density at radius 2 is 1.71 bits per heavy atom. The Labute approximate surface area is 241 Å². The van der Waals surface area contributed by atoms with Crippen LogP contribution in [0.4, 0.5) is 23.3 Å². The molecule has 0 unspecified atom stereocenters. The summed E-state index contributed by atoms with van der Waals surface area (Å²) < 4.78 is 12.1. The summed E-state index contributed by atoms with van der Waals surface area (Å²) in [5.41, 5.74) is -0.721. The van der Waals surface area contributed by atoms with E-state index in [9.17, 15) is 9.90 Å². The zero-order valence-electron chi connectivity index (χ0n) is 24.1. The van der Waals surface area contributed by atoms with Crippen molar-refractivity contribution in [3.8, 4) is 11.5 Å². The van der Waals surface area contributed by atoms with Crippen LogP contribution >= 0.6 is 0 Å². The van der Waals surface area contributed by atoms with Crippen LogP contribution in [0.2, 0.25) is 0 Å². The van der Waals surface area contributed by atoms with Gasteiger partial charge in [0.05, 0.1) is 31.0 Å². The number of anilines is 4. The summed E-state index contributed by atoms with van der Waals surface area (Å²) in [5.74, 6) is 3.92. The largest absolute Gasteiger partial charge is 0.490 e. The van der Waals surface area contributed by atoms with Crippen molar-refractivity contribution in [1.29, 1.82) is 0 Å².